The third-order valence-corrected chi connectivity index (χ3v) is 6.78. The summed E-state index contributed by atoms with van der Waals surface area (Å²) >= 11 is 1.53. The molecule has 2 fully saturated rings. The van der Waals surface area contributed by atoms with Gasteiger partial charge in [0, 0.05) is 12.1 Å². The van der Waals surface area contributed by atoms with Crippen LogP contribution in [0.3, 0.4) is 0 Å². The van der Waals surface area contributed by atoms with E-state index in [4.69, 9.17) is 0 Å². The number of urea groups is 1. The van der Waals surface area contributed by atoms with Gasteiger partial charge in [-0.25, -0.2) is 13.6 Å². The maximum atomic E-state index is 13.9. The molecule has 1 aromatic carbocycles. The van der Waals surface area contributed by atoms with Gasteiger partial charge in [-0.15, -0.1) is 0 Å². The molecule has 154 valence electrons. The lowest BCUT2D eigenvalue weighted by Gasteiger charge is -2.39. The Morgan fingerprint density at radius 3 is 2.62 bits per heavy atom. The first-order chi connectivity index (χ1) is 13.9. The fraction of sp³-hybridized carbons (Fsp3) is 0.429. The summed E-state index contributed by atoms with van der Waals surface area (Å²) in [7, 11) is 0. The van der Waals surface area contributed by atoms with Crippen molar-refractivity contribution < 1.29 is 18.4 Å². The molecule has 3 amide bonds. The van der Waals surface area contributed by atoms with Crippen molar-refractivity contribution in [2.45, 2.75) is 38.4 Å². The SMILES string of the molecule is C[C@@]1(C2CCN(Cc3cccc(F)c3F)CC2)NC(=O)N(Cc2ccsc2)C1=O. The van der Waals surface area contributed by atoms with E-state index in [1.165, 1.54) is 22.3 Å². The highest BCUT2D eigenvalue weighted by atomic mass is 32.1. The van der Waals surface area contributed by atoms with E-state index in [0.717, 1.165) is 11.6 Å². The number of imide groups is 1. The molecule has 8 heteroatoms. The molecule has 0 radical (unpaired) electrons. The summed E-state index contributed by atoms with van der Waals surface area (Å²) in [6.45, 7) is 3.72. The van der Waals surface area contributed by atoms with Crippen molar-refractivity contribution >= 4 is 23.3 Å². The number of hydrogen-bond acceptors (Lipinski definition) is 4. The molecule has 0 aliphatic carbocycles. The molecular formula is C21H23F2N3O2S. The molecule has 0 bridgehead atoms. The van der Waals surface area contributed by atoms with Gasteiger partial charge in [-0.2, -0.15) is 11.3 Å². The second-order valence-electron chi connectivity index (χ2n) is 7.92. The van der Waals surface area contributed by atoms with Crippen LogP contribution in [0.2, 0.25) is 0 Å². The van der Waals surface area contributed by atoms with Gasteiger partial charge in [-0.1, -0.05) is 12.1 Å². The van der Waals surface area contributed by atoms with E-state index < -0.39 is 17.2 Å². The van der Waals surface area contributed by atoms with Crippen molar-refractivity contribution in [2.24, 2.45) is 5.92 Å². The highest BCUT2D eigenvalue weighted by molar-refractivity contribution is 7.07. The van der Waals surface area contributed by atoms with Gasteiger partial charge in [-0.05, 0) is 67.2 Å². The number of rotatable bonds is 5. The van der Waals surface area contributed by atoms with E-state index in [1.54, 1.807) is 13.0 Å². The van der Waals surface area contributed by atoms with Crippen LogP contribution in [0, 0.1) is 17.6 Å². The Hall–Kier alpha value is -2.32. The van der Waals surface area contributed by atoms with Gasteiger partial charge in [0.2, 0.25) is 0 Å². The van der Waals surface area contributed by atoms with Gasteiger partial charge in [0.1, 0.15) is 5.54 Å². The Labute approximate surface area is 172 Å². The molecule has 0 saturated carbocycles. The average Bonchev–Trinajstić information content (AvgIpc) is 3.29. The van der Waals surface area contributed by atoms with Crippen molar-refractivity contribution in [2.75, 3.05) is 13.1 Å². The molecular weight excluding hydrogens is 396 g/mol. The largest absolute Gasteiger partial charge is 0.325 e. The zero-order chi connectivity index (χ0) is 20.6. The average molecular weight is 419 g/mol. The van der Waals surface area contributed by atoms with Crippen LogP contribution in [-0.2, 0) is 17.9 Å². The maximum absolute atomic E-state index is 13.9. The number of carbonyl (C=O) groups excluding carboxylic acids is 2. The molecule has 0 spiro atoms. The minimum Gasteiger partial charge on any atom is -0.323 e. The summed E-state index contributed by atoms with van der Waals surface area (Å²) in [5.41, 5.74) is 0.347. The first-order valence-electron chi connectivity index (χ1n) is 9.69. The lowest BCUT2D eigenvalue weighted by molar-refractivity contribution is -0.133. The van der Waals surface area contributed by atoms with Crippen LogP contribution in [-0.4, -0.2) is 40.4 Å². The number of nitrogens with one attached hydrogen (secondary N) is 1. The summed E-state index contributed by atoms with van der Waals surface area (Å²) in [6, 6.07) is 5.77. The number of likely N-dealkylation sites (tertiary alicyclic amines) is 1. The summed E-state index contributed by atoms with van der Waals surface area (Å²) in [6.07, 6.45) is 1.40. The molecule has 4 rings (SSSR count). The van der Waals surface area contributed by atoms with Crippen LogP contribution in [0.15, 0.2) is 35.0 Å². The van der Waals surface area contributed by atoms with E-state index in [-0.39, 0.29) is 24.4 Å². The van der Waals surface area contributed by atoms with Gasteiger partial charge >= 0.3 is 6.03 Å². The maximum Gasteiger partial charge on any atom is 0.325 e. The highest BCUT2D eigenvalue weighted by Gasteiger charge is 2.52. The van der Waals surface area contributed by atoms with E-state index in [9.17, 15) is 18.4 Å². The third-order valence-electron chi connectivity index (χ3n) is 6.05. The minimum absolute atomic E-state index is 0.0000288. The minimum atomic E-state index is -0.927. The lowest BCUT2D eigenvalue weighted by atomic mass is 9.79. The predicted octanol–water partition coefficient (Wildman–Crippen LogP) is 3.75. The number of nitrogens with zero attached hydrogens (tertiary/aromatic N) is 2. The van der Waals surface area contributed by atoms with Crippen LogP contribution in [0.1, 0.15) is 30.9 Å². The Balaban J connectivity index is 1.39. The number of amides is 3. The van der Waals surface area contributed by atoms with Gasteiger partial charge in [0.15, 0.2) is 11.6 Å². The van der Waals surface area contributed by atoms with Gasteiger partial charge in [0.25, 0.3) is 5.91 Å². The zero-order valence-electron chi connectivity index (χ0n) is 16.2. The molecule has 5 nitrogen and oxygen atoms in total. The molecule has 2 aromatic rings. The van der Waals surface area contributed by atoms with Crippen molar-refractivity contribution in [3.8, 4) is 0 Å². The zero-order valence-corrected chi connectivity index (χ0v) is 17.0. The first kappa shape index (κ1) is 20.0. The fourth-order valence-corrected chi connectivity index (χ4v) is 4.94. The van der Waals surface area contributed by atoms with Crippen molar-refractivity contribution in [1.29, 1.82) is 0 Å². The number of piperidine rings is 1. The predicted molar refractivity (Wildman–Crippen MR) is 106 cm³/mol. The van der Waals surface area contributed by atoms with Crippen LogP contribution < -0.4 is 5.32 Å². The van der Waals surface area contributed by atoms with Gasteiger partial charge < -0.3 is 5.32 Å². The number of halogens is 2. The van der Waals surface area contributed by atoms with Crippen LogP contribution in [0.4, 0.5) is 13.6 Å². The third kappa shape index (κ3) is 3.79. The summed E-state index contributed by atoms with van der Waals surface area (Å²) in [5.74, 6) is -1.83. The number of carbonyl (C=O) groups is 2. The molecule has 1 atom stereocenters. The van der Waals surface area contributed by atoms with Gasteiger partial charge in [-0.3, -0.25) is 14.6 Å². The summed E-state index contributed by atoms with van der Waals surface area (Å²) < 4.78 is 27.4. The quantitative estimate of drug-likeness (QED) is 0.751. The van der Waals surface area contributed by atoms with Crippen LogP contribution >= 0.6 is 11.3 Å². The standard InChI is InChI=1S/C21H23F2N3O2S/c1-21(19(27)26(20(28)24-21)11-14-7-10-29-13-14)16-5-8-25(9-6-16)12-15-3-2-4-17(22)18(15)23/h2-4,7,10,13,16H,5-6,8-9,11-12H2,1H3,(H,24,28)/t21-/m0/s1. The number of hydrogen-bond donors (Lipinski definition) is 1. The van der Waals surface area contributed by atoms with Gasteiger partial charge in [0.05, 0.1) is 6.54 Å². The second kappa shape index (κ2) is 7.84. The molecule has 2 aliphatic rings. The van der Waals surface area contributed by atoms with Crippen molar-refractivity contribution in [3.05, 3.63) is 57.8 Å². The first-order valence-corrected chi connectivity index (χ1v) is 10.6. The molecule has 1 N–H and O–H groups in total. The molecule has 29 heavy (non-hydrogen) atoms. The molecule has 3 heterocycles. The van der Waals surface area contributed by atoms with E-state index >= 15 is 0 Å². The Morgan fingerprint density at radius 2 is 1.93 bits per heavy atom. The molecule has 2 aliphatic heterocycles. The molecule has 1 aromatic heterocycles. The summed E-state index contributed by atoms with van der Waals surface area (Å²) in [4.78, 5) is 28.9. The number of thiophene rings is 1. The normalized spacial score (nSPS) is 23.6. The van der Waals surface area contributed by atoms with E-state index in [1.807, 2.05) is 16.8 Å². The van der Waals surface area contributed by atoms with Crippen LogP contribution in [0.25, 0.3) is 0 Å². The second-order valence-corrected chi connectivity index (χ2v) is 8.70. The Morgan fingerprint density at radius 1 is 1.17 bits per heavy atom. The summed E-state index contributed by atoms with van der Waals surface area (Å²) in [5, 5.41) is 6.76. The monoisotopic (exact) mass is 419 g/mol. The van der Waals surface area contributed by atoms with Crippen molar-refractivity contribution in [1.82, 2.24) is 15.1 Å². The molecule has 2 saturated heterocycles. The smallest absolute Gasteiger partial charge is 0.323 e. The van der Waals surface area contributed by atoms with Crippen LogP contribution in [0.5, 0.6) is 0 Å². The molecule has 0 unspecified atom stereocenters. The van der Waals surface area contributed by atoms with Crippen molar-refractivity contribution in [3.63, 3.8) is 0 Å². The Bertz CT molecular complexity index is 913. The highest BCUT2D eigenvalue weighted by Crippen LogP contribution is 2.34. The lowest BCUT2D eigenvalue weighted by Crippen LogP contribution is -2.53. The fourth-order valence-electron chi connectivity index (χ4n) is 4.28. The number of benzene rings is 1. The van der Waals surface area contributed by atoms with E-state index in [0.29, 0.717) is 38.0 Å². The Kier molecular flexibility index (Phi) is 5.40. The topological polar surface area (TPSA) is 52.7 Å². The van der Waals surface area contributed by atoms with E-state index in [2.05, 4.69) is 10.2 Å².